The Bertz CT molecular complexity index is 869. The lowest BCUT2D eigenvalue weighted by molar-refractivity contribution is 0.254. The van der Waals surface area contributed by atoms with E-state index in [0.717, 1.165) is 23.3 Å². The first-order chi connectivity index (χ1) is 11.8. The third kappa shape index (κ3) is 3.50. The van der Waals surface area contributed by atoms with Crippen LogP contribution in [0.1, 0.15) is 36.4 Å². The summed E-state index contributed by atoms with van der Waals surface area (Å²) in [6.45, 7) is 7.65. The predicted molar refractivity (Wildman–Crippen MR) is 91.4 cm³/mol. The second-order valence-corrected chi connectivity index (χ2v) is 7.81. The number of hydrogen-bond donors (Lipinski definition) is 1. The highest BCUT2D eigenvalue weighted by Gasteiger charge is 2.26. The van der Waals surface area contributed by atoms with Crippen LogP contribution in [0.5, 0.6) is 11.5 Å². The molecule has 2 heterocycles. The number of sulfonamides is 1. The van der Waals surface area contributed by atoms with Crippen LogP contribution in [-0.2, 0) is 23.0 Å². The summed E-state index contributed by atoms with van der Waals surface area (Å²) in [5.74, 6) is 1.71. The zero-order valence-electron chi connectivity index (χ0n) is 14.8. The summed E-state index contributed by atoms with van der Waals surface area (Å²) in [4.78, 5) is 0.0801. The lowest BCUT2D eigenvalue weighted by atomic mass is 10.1. The summed E-state index contributed by atoms with van der Waals surface area (Å²) in [5.41, 5.74) is 2.14. The Labute approximate surface area is 147 Å². The summed E-state index contributed by atoms with van der Waals surface area (Å²) in [6, 6.07) is 3.78. The average Bonchev–Trinajstić information content (AvgIpc) is 3.06. The number of hydrogen-bond acceptors (Lipinski definition) is 6. The smallest absolute Gasteiger partial charge is 0.246 e. The molecule has 0 saturated carbocycles. The van der Waals surface area contributed by atoms with Gasteiger partial charge in [-0.1, -0.05) is 5.16 Å². The summed E-state index contributed by atoms with van der Waals surface area (Å²) in [5, 5.41) is 3.70. The van der Waals surface area contributed by atoms with Crippen molar-refractivity contribution in [3.63, 3.8) is 0 Å². The molecule has 8 heteroatoms. The number of aryl methyl sites for hydroxylation is 2. The van der Waals surface area contributed by atoms with E-state index in [9.17, 15) is 8.42 Å². The van der Waals surface area contributed by atoms with E-state index in [1.165, 1.54) is 0 Å². The van der Waals surface area contributed by atoms with E-state index in [-0.39, 0.29) is 23.3 Å². The van der Waals surface area contributed by atoms with Crippen LogP contribution in [0.15, 0.2) is 21.6 Å². The number of nitrogens with one attached hydrogen (secondary N) is 1. The minimum Gasteiger partial charge on any atom is -0.494 e. The number of rotatable bonds is 6. The standard InChI is InChI=1S/C17H22N2O5S/c1-5-22-15-7-13-6-10(2)23-16(13)8-14(15)9-18-25(20,21)17-11(3)19-24-12(17)4/h7-8,10,18H,5-6,9H2,1-4H3/t10-/m1/s1. The zero-order valence-corrected chi connectivity index (χ0v) is 15.6. The topological polar surface area (TPSA) is 90.7 Å². The van der Waals surface area contributed by atoms with Crippen molar-refractivity contribution in [2.45, 2.75) is 51.7 Å². The van der Waals surface area contributed by atoms with Gasteiger partial charge in [0.2, 0.25) is 10.0 Å². The van der Waals surface area contributed by atoms with Gasteiger partial charge in [-0.2, -0.15) is 0 Å². The maximum absolute atomic E-state index is 12.6. The molecule has 7 nitrogen and oxygen atoms in total. The van der Waals surface area contributed by atoms with Gasteiger partial charge in [0.05, 0.1) is 6.61 Å². The van der Waals surface area contributed by atoms with E-state index < -0.39 is 10.0 Å². The van der Waals surface area contributed by atoms with Crippen molar-refractivity contribution < 1.29 is 22.4 Å². The van der Waals surface area contributed by atoms with Crippen molar-refractivity contribution >= 4 is 10.0 Å². The van der Waals surface area contributed by atoms with Gasteiger partial charge in [0, 0.05) is 24.1 Å². The van der Waals surface area contributed by atoms with Gasteiger partial charge >= 0.3 is 0 Å². The highest BCUT2D eigenvalue weighted by molar-refractivity contribution is 7.89. The van der Waals surface area contributed by atoms with Gasteiger partial charge in [0.25, 0.3) is 0 Å². The van der Waals surface area contributed by atoms with Crippen LogP contribution in [-0.4, -0.2) is 26.3 Å². The van der Waals surface area contributed by atoms with E-state index in [0.29, 0.717) is 18.1 Å². The van der Waals surface area contributed by atoms with E-state index in [1.807, 2.05) is 26.0 Å². The van der Waals surface area contributed by atoms with Crippen LogP contribution in [0.3, 0.4) is 0 Å². The Balaban J connectivity index is 1.87. The first-order valence-electron chi connectivity index (χ1n) is 8.19. The number of aromatic nitrogens is 1. The normalized spacial score (nSPS) is 16.6. The van der Waals surface area contributed by atoms with Crippen LogP contribution in [0.2, 0.25) is 0 Å². The first kappa shape index (κ1) is 17.8. The van der Waals surface area contributed by atoms with Crippen LogP contribution in [0.4, 0.5) is 0 Å². The molecule has 0 unspecified atom stereocenters. The van der Waals surface area contributed by atoms with Gasteiger partial charge in [0.1, 0.15) is 28.2 Å². The molecule has 0 aliphatic carbocycles. The summed E-state index contributed by atoms with van der Waals surface area (Å²) in [6.07, 6.45) is 0.930. The molecule has 1 aliphatic heterocycles. The van der Waals surface area contributed by atoms with Gasteiger partial charge in [-0.25, -0.2) is 13.1 Å². The molecule has 3 rings (SSSR count). The maximum atomic E-state index is 12.6. The second-order valence-electron chi connectivity index (χ2n) is 6.11. The summed E-state index contributed by atoms with van der Waals surface area (Å²) >= 11 is 0. The third-order valence-electron chi connectivity index (χ3n) is 4.07. The molecule has 0 amide bonds. The number of ether oxygens (including phenoxy) is 2. The molecule has 1 aromatic heterocycles. The molecular weight excluding hydrogens is 344 g/mol. The minimum absolute atomic E-state index is 0.0801. The first-order valence-corrected chi connectivity index (χ1v) is 9.68. The molecule has 1 aromatic carbocycles. The van der Waals surface area contributed by atoms with Crippen LogP contribution >= 0.6 is 0 Å². The molecule has 1 aliphatic rings. The SMILES string of the molecule is CCOc1cc2c(cc1CNS(=O)(=O)c1c(C)noc1C)O[C@H](C)C2. The molecule has 1 N–H and O–H groups in total. The van der Waals surface area contributed by atoms with Gasteiger partial charge in [-0.3, -0.25) is 0 Å². The second kappa shape index (κ2) is 6.68. The molecule has 136 valence electrons. The number of fused-ring (bicyclic) bond motifs is 1. The van der Waals surface area contributed by atoms with Gasteiger partial charge in [0.15, 0.2) is 5.76 Å². The largest absolute Gasteiger partial charge is 0.494 e. The Hall–Kier alpha value is -2.06. The molecule has 0 radical (unpaired) electrons. The fourth-order valence-electron chi connectivity index (χ4n) is 3.01. The van der Waals surface area contributed by atoms with Crippen molar-refractivity contribution in [3.8, 4) is 11.5 Å². The molecular formula is C17H22N2O5S. The van der Waals surface area contributed by atoms with Crippen molar-refractivity contribution in [3.05, 3.63) is 34.7 Å². The van der Waals surface area contributed by atoms with Crippen LogP contribution < -0.4 is 14.2 Å². The average molecular weight is 366 g/mol. The van der Waals surface area contributed by atoms with Crippen LogP contribution in [0, 0.1) is 13.8 Å². The highest BCUT2D eigenvalue weighted by atomic mass is 32.2. The quantitative estimate of drug-likeness (QED) is 0.845. The fourth-order valence-corrected chi connectivity index (χ4v) is 4.34. The molecule has 0 spiro atoms. The molecule has 0 bridgehead atoms. The maximum Gasteiger partial charge on any atom is 0.246 e. The van der Waals surface area contributed by atoms with E-state index in [1.54, 1.807) is 13.8 Å². The molecule has 25 heavy (non-hydrogen) atoms. The minimum atomic E-state index is -3.74. The van der Waals surface area contributed by atoms with Crippen molar-refractivity contribution in [1.82, 2.24) is 9.88 Å². The third-order valence-corrected chi connectivity index (χ3v) is 5.71. The number of nitrogens with zero attached hydrogens (tertiary/aromatic N) is 1. The summed E-state index contributed by atoms with van der Waals surface area (Å²) in [7, 11) is -3.74. The van der Waals surface area contributed by atoms with Gasteiger partial charge < -0.3 is 14.0 Å². The zero-order chi connectivity index (χ0) is 18.2. The summed E-state index contributed by atoms with van der Waals surface area (Å²) < 4.78 is 44.2. The lowest BCUT2D eigenvalue weighted by Gasteiger charge is -2.13. The van der Waals surface area contributed by atoms with E-state index in [2.05, 4.69) is 9.88 Å². The lowest BCUT2D eigenvalue weighted by Crippen LogP contribution is -2.24. The van der Waals surface area contributed by atoms with Crippen LogP contribution in [0.25, 0.3) is 0 Å². The Morgan fingerprint density at radius 2 is 2.12 bits per heavy atom. The predicted octanol–water partition coefficient (Wildman–Crippen LogP) is 2.49. The van der Waals surface area contributed by atoms with E-state index in [4.69, 9.17) is 14.0 Å². The monoisotopic (exact) mass is 366 g/mol. The Morgan fingerprint density at radius 3 is 2.76 bits per heavy atom. The number of benzene rings is 1. The van der Waals surface area contributed by atoms with Crippen molar-refractivity contribution in [1.29, 1.82) is 0 Å². The highest BCUT2D eigenvalue weighted by Crippen LogP contribution is 2.35. The van der Waals surface area contributed by atoms with Gasteiger partial charge in [-0.15, -0.1) is 0 Å². The van der Waals surface area contributed by atoms with Gasteiger partial charge in [-0.05, 0) is 39.8 Å². The van der Waals surface area contributed by atoms with Crippen molar-refractivity contribution in [2.24, 2.45) is 0 Å². The van der Waals surface area contributed by atoms with Crippen molar-refractivity contribution in [2.75, 3.05) is 6.61 Å². The molecule has 0 saturated heterocycles. The Kier molecular flexibility index (Phi) is 4.75. The molecule has 2 aromatic rings. The fraction of sp³-hybridized carbons (Fsp3) is 0.471. The molecule has 0 fully saturated rings. The van der Waals surface area contributed by atoms with E-state index >= 15 is 0 Å². The molecule has 1 atom stereocenters. The Morgan fingerprint density at radius 1 is 1.36 bits per heavy atom.